The van der Waals surface area contributed by atoms with Crippen LogP contribution in [0.1, 0.15) is 66.2 Å². The molecule has 0 aromatic carbocycles. The lowest BCUT2D eigenvalue weighted by atomic mass is 9.76. The fourth-order valence-electron chi connectivity index (χ4n) is 2.62. The zero-order valence-corrected chi connectivity index (χ0v) is 11.8. The second-order valence-electron chi connectivity index (χ2n) is 6.08. The van der Waals surface area contributed by atoms with E-state index in [1.807, 2.05) is 0 Å². The summed E-state index contributed by atoms with van der Waals surface area (Å²) in [6.07, 6.45) is 5.81. The highest BCUT2D eigenvalue weighted by atomic mass is 16.2. The summed E-state index contributed by atoms with van der Waals surface area (Å²) in [6, 6.07) is 0. The number of rotatable bonds is 4. The summed E-state index contributed by atoms with van der Waals surface area (Å²) in [5.41, 5.74) is 5.55. The molecule has 3 nitrogen and oxygen atoms in total. The molecule has 2 unspecified atom stereocenters. The van der Waals surface area contributed by atoms with Crippen molar-refractivity contribution in [2.24, 2.45) is 11.7 Å². The third-order valence-corrected chi connectivity index (χ3v) is 4.46. The smallest absolute Gasteiger partial charge is 0.240 e. The minimum Gasteiger partial charge on any atom is -0.349 e. The van der Waals surface area contributed by atoms with Gasteiger partial charge in [-0.3, -0.25) is 4.79 Å². The van der Waals surface area contributed by atoms with E-state index in [1.165, 1.54) is 6.42 Å². The van der Waals surface area contributed by atoms with E-state index in [2.05, 4.69) is 33.0 Å². The average molecular weight is 240 g/mol. The van der Waals surface area contributed by atoms with Crippen molar-refractivity contribution in [1.82, 2.24) is 5.32 Å². The zero-order valence-electron chi connectivity index (χ0n) is 11.8. The summed E-state index contributed by atoms with van der Waals surface area (Å²) < 4.78 is 0. The minimum absolute atomic E-state index is 0.0512. The molecule has 1 fully saturated rings. The fourth-order valence-corrected chi connectivity index (χ4v) is 2.62. The van der Waals surface area contributed by atoms with Crippen molar-refractivity contribution in [3.05, 3.63) is 0 Å². The Morgan fingerprint density at radius 2 is 2.06 bits per heavy atom. The molecule has 1 saturated carbocycles. The van der Waals surface area contributed by atoms with Gasteiger partial charge in [0.25, 0.3) is 0 Å². The van der Waals surface area contributed by atoms with Crippen molar-refractivity contribution >= 4 is 5.91 Å². The van der Waals surface area contributed by atoms with Crippen molar-refractivity contribution in [2.45, 2.75) is 77.3 Å². The maximum atomic E-state index is 12.4. The maximum absolute atomic E-state index is 12.4. The molecule has 3 N–H and O–H groups in total. The number of carbonyl (C=O) groups is 1. The second-order valence-corrected chi connectivity index (χ2v) is 6.08. The van der Waals surface area contributed by atoms with E-state index in [9.17, 15) is 4.79 Å². The van der Waals surface area contributed by atoms with Gasteiger partial charge in [0.05, 0.1) is 5.54 Å². The van der Waals surface area contributed by atoms with Gasteiger partial charge in [0.1, 0.15) is 0 Å². The summed E-state index contributed by atoms with van der Waals surface area (Å²) in [7, 11) is 0. The van der Waals surface area contributed by atoms with Gasteiger partial charge in [0, 0.05) is 5.54 Å². The van der Waals surface area contributed by atoms with E-state index in [0.717, 1.165) is 32.1 Å². The highest BCUT2D eigenvalue weighted by Gasteiger charge is 2.40. The van der Waals surface area contributed by atoms with Gasteiger partial charge in [-0.15, -0.1) is 0 Å². The summed E-state index contributed by atoms with van der Waals surface area (Å²) in [5.74, 6) is 0.615. The van der Waals surface area contributed by atoms with Crippen molar-refractivity contribution in [3.8, 4) is 0 Å². The molecule has 0 aliphatic heterocycles. The maximum Gasteiger partial charge on any atom is 0.240 e. The third-order valence-electron chi connectivity index (χ3n) is 4.46. The fraction of sp³-hybridized carbons (Fsp3) is 0.929. The molecular formula is C14H28N2O. The normalized spacial score (nSPS) is 30.1. The van der Waals surface area contributed by atoms with Crippen LogP contribution in [0.15, 0.2) is 0 Å². The molecule has 0 spiro atoms. The lowest BCUT2D eigenvalue weighted by Crippen LogP contribution is -2.60. The quantitative estimate of drug-likeness (QED) is 0.793. The lowest BCUT2D eigenvalue weighted by Gasteiger charge is -2.39. The lowest BCUT2D eigenvalue weighted by molar-refractivity contribution is -0.130. The van der Waals surface area contributed by atoms with Crippen molar-refractivity contribution in [1.29, 1.82) is 0 Å². The Morgan fingerprint density at radius 3 is 2.53 bits per heavy atom. The van der Waals surface area contributed by atoms with E-state index >= 15 is 0 Å². The molecule has 0 aromatic heterocycles. The van der Waals surface area contributed by atoms with Gasteiger partial charge >= 0.3 is 0 Å². The topological polar surface area (TPSA) is 55.1 Å². The molecule has 0 heterocycles. The van der Waals surface area contributed by atoms with E-state index in [-0.39, 0.29) is 11.4 Å². The third kappa shape index (κ3) is 3.44. The van der Waals surface area contributed by atoms with E-state index in [0.29, 0.717) is 5.92 Å². The largest absolute Gasteiger partial charge is 0.349 e. The van der Waals surface area contributed by atoms with Crippen LogP contribution < -0.4 is 11.1 Å². The summed E-state index contributed by atoms with van der Waals surface area (Å²) in [5, 5.41) is 3.16. The van der Waals surface area contributed by atoms with Crippen LogP contribution in [0.25, 0.3) is 0 Å². The standard InChI is InChI=1S/C14H28N2O/c1-5-13(4,6-2)16-12(17)14(15)9-7-8-11(3)10-14/h11H,5-10,15H2,1-4H3,(H,16,17). The molecule has 2 atom stereocenters. The Labute approximate surface area is 106 Å². The molecule has 1 amide bonds. The molecule has 100 valence electrons. The van der Waals surface area contributed by atoms with Gasteiger partial charge in [0.15, 0.2) is 0 Å². The van der Waals surface area contributed by atoms with Gasteiger partial charge in [-0.2, -0.15) is 0 Å². The summed E-state index contributed by atoms with van der Waals surface area (Å²) in [4.78, 5) is 12.4. The Kier molecular flexibility index (Phi) is 4.59. The van der Waals surface area contributed by atoms with Crippen LogP contribution in [-0.2, 0) is 4.79 Å². The van der Waals surface area contributed by atoms with Crippen LogP contribution in [0.4, 0.5) is 0 Å². The Morgan fingerprint density at radius 1 is 1.47 bits per heavy atom. The molecule has 0 aromatic rings. The van der Waals surface area contributed by atoms with Crippen molar-refractivity contribution < 1.29 is 4.79 Å². The van der Waals surface area contributed by atoms with E-state index in [4.69, 9.17) is 5.73 Å². The number of hydrogen-bond acceptors (Lipinski definition) is 2. The first-order chi connectivity index (χ1) is 7.85. The summed E-state index contributed by atoms with van der Waals surface area (Å²) in [6.45, 7) is 8.50. The van der Waals surface area contributed by atoms with Gasteiger partial charge in [0.2, 0.25) is 5.91 Å². The minimum atomic E-state index is -0.636. The van der Waals surface area contributed by atoms with Crippen LogP contribution >= 0.6 is 0 Å². The highest BCUT2D eigenvalue weighted by molar-refractivity contribution is 5.86. The first-order valence-electron chi connectivity index (χ1n) is 6.97. The van der Waals surface area contributed by atoms with Crippen LogP contribution in [0, 0.1) is 5.92 Å². The molecule has 1 aliphatic carbocycles. The van der Waals surface area contributed by atoms with Gasteiger partial charge in [-0.25, -0.2) is 0 Å². The van der Waals surface area contributed by atoms with E-state index in [1.54, 1.807) is 0 Å². The van der Waals surface area contributed by atoms with Crippen molar-refractivity contribution in [2.75, 3.05) is 0 Å². The number of amides is 1. The van der Waals surface area contributed by atoms with Gasteiger partial charge in [-0.05, 0) is 38.5 Å². The van der Waals surface area contributed by atoms with Crippen LogP contribution in [-0.4, -0.2) is 17.0 Å². The van der Waals surface area contributed by atoms with E-state index < -0.39 is 5.54 Å². The zero-order chi connectivity index (χ0) is 13.1. The molecule has 3 heteroatoms. The summed E-state index contributed by atoms with van der Waals surface area (Å²) >= 11 is 0. The molecule has 0 saturated heterocycles. The average Bonchev–Trinajstić information content (AvgIpc) is 2.28. The Hall–Kier alpha value is -0.570. The highest BCUT2D eigenvalue weighted by Crippen LogP contribution is 2.31. The van der Waals surface area contributed by atoms with Crippen LogP contribution in [0.3, 0.4) is 0 Å². The van der Waals surface area contributed by atoms with Crippen LogP contribution in [0.5, 0.6) is 0 Å². The van der Waals surface area contributed by atoms with Crippen LogP contribution in [0.2, 0.25) is 0 Å². The molecule has 0 bridgehead atoms. The second kappa shape index (κ2) is 5.38. The number of hydrogen-bond donors (Lipinski definition) is 2. The molecule has 0 radical (unpaired) electrons. The molecule has 1 rings (SSSR count). The molecule has 17 heavy (non-hydrogen) atoms. The monoisotopic (exact) mass is 240 g/mol. The van der Waals surface area contributed by atoms with Gasteiger partial charge < -0.3 is 11.1 Å². The number of nitrogens with two attached hydrogens (primary N) is 1. The van der Waals surface area contributed by atoms with Gasteiger partial charge in [-0.1, -0.05) is 33.6 Å². The number of nitrogens with one attached hydrogen (secondary N) is 1. The Balaban J connectivity index is 2.68. The predicted molar refractivity (Wildman–Crippen MR) is 71.7 cm³/mol. The van der Waals surface area contributed by atoms with Crippen molar-refractivity contribution in [3.63, 3.8) is 0 Å². The molecule has 1 aliphatic rings. The number of carbonyl (C=O) groups excluding carboxylic acids is 1. The SMILES string of the molecule is CCC(C)(CC)NC(=O)C1(N)CCCC(C)C1. The molecular weight excluding hydrogens is 212 g/mol. The first-order valence-corrected chi connectivity index (χ1v) is 6.97. The first kappa shape index (κ1) is 14.5. The Bertz CT molecular complexity index is 273. The predicted octanol–water partition coefficient (Wildman–Crippen LogP) is 2.59.